The molecule has 2 nitrogen and oxygen atoms in total. The van der Waals surface area contributed by atoms with Crippen LogP contribution in [0.1, 0.15) is 27.0 Å². The lowest BCUT2D eigenvalue weighted by atomic mass is 10.1. The van der Waals surface area contributed by atoms with E-state index in [2.05, 4.69) is 0 Å². The summed E-state index contributed by atoms with van der Waals surface area (Å²) in [5.74, 6) is -0.331. The fraction of sp³-hybridized carbons (Fsp3) is 0.188. The zero-order valence-corrected chi connectivity index (χ0v) is 11.7. The summed E-state index contributed by atoms with van der Waals surface area (Å²) in [4.78, 5) is 11.9. The highest BCUT2D eigenvalue weighted by Gasteiger charge is 2.09. The minimum atomic E-state index is -0.331. The van der Waals surface area contributed by atoms with Crippen molar-refractivity contribution < 1.29 is 9.53 Å². The predicted molar refractivity (Wildman–Crippen MR) is 76.5 cm³/mol. The van der Waals surface area contributed by atoms with E-state index in [0.29, 0.717) is 10.6 Å². The van der Waals surface area contributed by atoms with Crippen molar-refractivity contribution in [1.82, 2.24) is 0 Å². The minimum absolute atomic E-state index is 0.186. The standard InChI is InChI=1S/C16H15ClO2/c1-11-7-8-13(9-12(11)2)16(18)19-10-14-5-3-4-6-15(14)17/h3-9H,10H2,1-2H3. The molecule has 2 aromatic rings. The molecule has 2 rings (SSSR count). The molecule has 0 heterocycles. The monoisotopic (exact) mass is 274 g/mol. The van der Waals surface area contributed by atoms with E-state index in [1.165, 1.54) is 0 Å². The Balaban J connectivity index is 2.05. The molecule has 0 aliphatic rings. The number of hydrogen-bond acceptors (Lipinski definition) is 2. The average molecular weight is 275 g/mol. The first kappa shape index (κ1) is 13.6. The van der Waals surface area contributed by atoms with Gasteiger partial charge in [-0.05, 0) is 43.2 Å². The topological polar surface area (TPSA) is 26.3 Å². The molecule has 0 aliphatic carbocycles. The highest BCUT2D eigenvalue weighted by molar-refractivity contribution is 6.31. The molecule has 0 fully saturated rings. The smallest absolute Gasteiger partial charge is 0.338 e. The van der Waals surface area contributed by atoms with Crippen molar-refractivity contribution in [3.8, 4) is 0 Å². The molecule has 0 bridgehead atoms. The molecule has 0 saturated heterocycles. The van der Waals surface area contributed by atoms with Crippen LogP contribution >= 0.6 is 11.6 Å². The second kappa shape index (κ2) is 5.89. The summed E-state index contributed by atoms with van der Waals surface area (Å²) >= 11 is 6.01. The van der Waals surface area contributed by atoms with E-state index in [1.807, 2.05) is 44.2 Å². The van der Waals surface area contributed by atoms with Gasteiger partial charge in [-0.1, -0.05) is 35.9 Å². The van der Waals surface area contributed by atoms with Crippen LogP contribution in [-0.4, -0.2) is 5.97 Å². The number of hydrogen-bond donors (Lipinski definition) is 0. The van der Waals surface area contributed by atoms with Crippen molar-refractivity contribution in [2.45, 2.75) is 20.5 Å². The second-order valence-corrected chi connectivity index (χ2v) is 4.87. The van der Waals surface area contributed by atoms with Crippen LogP contribution in [0, 0.1) is 13.8 Å². The van der Waals surface area contributed by atoms with Gasteiger partial charge in [-0.25, -0.2) is 4.79 Å². The third-order valence-corrected chi connectivity index (χ3v) is 3.43. The van der Waals surface area contributed by atoms with Crippen LogP contribution in [0.3, 0.4) is 0 Å². The Morgan fingerprint density at radius 2 is 1.84 bits per heavy atom. The summed E-state index contributed by atoms with van der Waals surface area (Å²) in [5.41, 5.74) is 3.60. The molecule has 0 spiro atoms. The van der Waals surface area contributed by atoms with E-state index in [4.69, 9.17) is 16.3 Å². The second-order valence-electron chi connectivity index (χ2n) is 4.47. The van der Waals surface area contributed by atoms with Gasteiger partial charge < -0.3 is 4.74 Å². The highest BCUT2D eigenvalue weighted by Crippen LogP contribution is 2.17. The Hall–Kier alpha value is -1.80. The van der Waals surface area contributed by atoms with Crippen molar-refractivity contribution >= 4 is 17.6 Å². The van der Waals surface area contributed by atoms with Gasteiger partial charge in [-0.2, -0.15) is 0 Å². The van der Waals surface area contributed by atoms with Crippen molar-refractivity contribution in [3.05, 3.63) is 69.7 Å². The molecule has 0 unspecified atom stereocenters. The third-order valence-electron chi connectivity index (χ3n) is 3.06. The summed E-state index contributed by atoms with van der Waals surface area (Å²) < 4.78 is 5.27. The molecule has 0 radical (unpaired) electrons. The van der Waals surface area contributed by atoms with E-state index < -0.39 is 0 Å². The molecule has 0 amide bonds. The van der Waals surface area contributed by atoms with Crippen molar-refractivity contribution in [2.24, 2.45) is 0 Å². The van der Waals surface area contributed by atoms with E-state index in [9.17, 15) is 4.79 Å². The zero-order chi connectivity index (χ0) is 13.8. The van der Waals surface area contributed by atoms with Crippen molar-refractivity contribution in [2.75, 3.05) is 0 Å². The fourth-order valence-corrected chi connectivity index (χ4v) is 1.90. The van der Waals surface area contributed by atoms with Crippen LogP contribution in [0.15, 0.2) is 42.5 Å². The number of aryl methyl sites for hydroxylation is 2. The molecule has 0 aliphatic heterocycles. The number of benzene rings is 2. The number of carbonyl (C=O) groups excluding carboxylic acids is 1. The van der Waals surface area contributed by atoms with Crippen LogP contribution in [0.25, 0.3) is 0 Å². The predicted octanol–water partition coefficient (Wildman–Crippen LogP) is 4.31. The number of carbonyl (C=O) groups is 1. The average Bonchev–Trinajstić information content (AvgIpc) is 2.40. The normalized spacial score (nSPS) is 10.3. The van der Waals surface area contributed by atoms with Crippen LogP contribution in [0.2, 0.25) is 5.02 Å². The van der Waals surface area contributed by atoms with Crippen LogP contribution < -0.4 is 0 Å². The van der Waals surface area contributed by atoms with Gasteiger partial charge in [0, 0.05) is 10.6 Å². The molecule has 98 valence electrons. The Bertz CT molecular complexity index is 605. The Morgan fingerprint density at radius 3 is 2.53 bits per heavy atom. The van der Waals surface area contributed by atoms with E-state index >= 15 is 0 Å². The van der Waals surface area contributed by atoms with Gasteiger partial charge in [0.2, 0.25) is 0 Å². The minimum Gasteiger partial charge on any atom is -0.457 e. The van der Waals surface area contributed by atoms with Gasteiger partial charge in [0.1, 0.15) is 6.61 Å². The largest absolute Gasteiger partial charge is 0.457 e. The highest BCUT2D eigenvalue weighted by atomic mass is 35.5. The Morgan fingerprint density at radius 1 is 1.11 bits per heavy atom. The molecular formula is C16H15ClO2. The molecule has 0 saturated carbocycles. The van der Waals surface area contributed by atoms with Crippen LogP contribution in [0.4, 0.5) is 0 Å². The molecule has 0 atom stereocenters. The molecule has 3 heteroatoms. The van der Waals surface area contributed by atoms with Gasteiger partial charge in [-0.3, -0.25) is 0 Å². The molecule has 2 aromatic carbocycles. The summed E-state index contributed by atoms with van der Waals surface area (Å²) in [5, 5.41) is 0.607. The van der Waals surface area contributed by atoms with E-state index in [-0.39, 0.29) is 12.6 Å². The van der Waals surface area contributed by atoms with Gasteiger partial charge in [0.05, 0.1) is 5.56 Å². The first-order chi connectivity index (χ1) is 9.08. The fourth-order valence-electron chi connectivity index (χ4n) is 1.71. The van der Waals surface area contributed by atoms with Crippen LogP contribution in [-0.2, 0) is 11.3 Å². The molecule has 0 aromatic heterocycles. The third kappa shape index (κ3) is 3.36. The Kier molecular flexibility index (Phi) is 4.23. The quantitative estimate of drug-likeness (QED) is 0.780. The first-order valence-corrected chi connectivity index (χ1v) is 6.43. The molecule has 0 N–H and O–H groups in total. The van der Waals surface area contributed by atoms with E-state index in [1.54, 1.807) is 12.1 Å². The zero-order valence-electron chi connectivity index (χ0n) is 10.9. The van der Waals surface area contributed by atoms with Gasteiger partial charge >= 0.3 is 5.97 Å². The lowest BCUT2D eigenvalue weighted by Crippen LogP contribution is -2.06. The number of rotatable bonds is 3. The molecule has 19 heavy (non-hydrogen) atoms. The number of halogens is 1. The number of esters is 1. The summed E-state index contributed by atoms with van der Waals surface area (Å²) in [7, 11) is 0. The summed E-state index contributed by atoms with van der Waals surface area (Å²) in [6.07, 6.45) is 0. The SMILES string of the molecule is Cc1ccc(C(=O)OCc2ccccc2Cl)cc1C. The Labute approximate surface area is 118 Å². The van der Waals surface area contributed by atoms with Crippen LogP contribution in [0.5, 0.6) is 0 Å². The lowest BCUT2D eigenvalue weighted by Gasteiger charge is -2.08. The first-order valence-electron chi connectivity index (χ1n) is 6.05. The van der Waals surface area contributed by atoms with Gasteiger partial charge in [-0.15, -0.1) is 0 Å². The maximum absolute atomic E-state index is 11.9. The summed E-state index contributed by atoms with van der Waals surface area (Å²) in [6, 6.07) is 12.9. The van der Waals surface area contributed by atoms with Gasteiger partial charge in [0.25, 0.3) is 0 Å². The maximum Gasteiger partial charge on any atom is 0.338 e. The lowest BCUT2D eigenvalue weighted by molar-refractivity contribution is 0.0473. The summed E-state index contributed by atoms with van der Waals surface area (Å²) in [6.45, 7) is 4.17. The molecular weight excluding hydrogens is 260 g/mol. The van der Waals surface area contributed by atoms with Crippen molar-refractivity contribution in [1.29, 1.82) is 0 Å². The van der Waals surface area contributed by atoms with E-state index in [0.717, 1.165) is 16.7 Å². The van der Waals surface area contributed by atoms with Crippen molar-refractivity contribution in [3.63, 3.8) is 0 Å². The van der Waals surface area contributed by atoms with Gasteiger partial charge in [0.15, 0.2) is 0 Å². The number of ether oxygens (including phenoxy) is 1. The maximum atomic E-state index is 11.9.